The van der Waals surface area contributed by atoms with E-state index in [0.717, 1.165) is 0 Å². The fourth-order valence-corrected chi connectivity index (χ4v) is 1.57. The molecule has 0 aliphatic rings. The summed E-state index contributed by atoms with van der Waals surface area (Å²) in [5, 5.41) is 0. The van der Waals surface area contributed by atoms with E-state index < -0.39 is 5.91 Å². The predicted octanol–water partition coefficient (Wildman–Crippen LogP) is 0.225. The van der Waals surface area contributed by atoms with Gasteiger partial charge in [-0.25, -0.2) is 0 Å². The van der Waals surface area contributed by atoms with E-state index in [0.29, 0.717) is 23.5 Å². The molecule has 98 valence electrons. The van der Waals surface area contributed by atoms with Crippen molar-refractivity contribution in [1.82, 2.24) is 4.90 Å². The molecule has 0 spiro atoms. The van der Waals surface area contributed by atoms with E-state index in [1.54, 1.807) is 19.1 Å². The van der Waals surface area contributed by atoms with Crippen molar-refractivity contribution < 1.29 is 14.3 Å². The Kier molecular flexibility index (Phi) is 4.53. The number of nitrogens with zero attached hydrogens (tertiary/aromatic N) is 1. The number of rotatable bonds is 5. The van der Waals surface area contributed by atoms with Crippen molar-refractivity contribution in [2.75, 3.05) is 25.9 Å². The van der Waals surface area contributed by atoms with E-state index in [4.69, 9.17) is 16.2 Å². The normalized spacial score (nSPS) is 9.89. The molecule has 0 saturated heterocycles. The Hall–Kier alpha value is -2.24. The molecule has 0 bridgehead atoms. The summed E-state index contributed by atoms with van der Waals surface area (Å²) in [5.74, 6) is -0.332. The van der Waals surface area contributed by atoms with Crippen LogP contribution >= 0.6 is 0 Å². The van der Waals surface area contributed by atoms with Crippen molar-refractivity contribution in [3.8, 4) is 5.75 Å². The van der Waals surface area contributed by atoms with E-state index in [1.807, 2.05) is 0 Å². The van der Waals surface area contributed by atoms with Crippen molar-refractivity contribution in [3.05, 3.63) is 23.8 Å². The predicted molar refractivity (Wildman–Crippen MR) is 68.2 cm³/mol. The molecule has 4 N–H and O–H groups in total. The van der Waals surface area contributed by atoms with Crippen molar-refractivity contribution >= 4 is 17.5 Å². The first-order valence-corrected chi connectivity index (χ1v) is 5.50. The van der Waals surface area contributed by atoms with Gasteiger partial charge < -0.3 is 21.1 Å². The number of hydrogen-bond donors (Lipinski definition) is 2. The number of anilines is 1. The molecule has 1 rings (SSSR count). The molecule has 18 heavy (non-hydrogen) atoms. The first-order valence-electron chi connectivity index (χ1n) is 5.50. The van der Waals surface area contributed by atoms with Gasteiger partial charge in [0.2, 0.25) is 5.91 Å². The number of hydrogen-bond acceptors (Lipinski definition) is 4. The highest BCUT2D eigenvalue weighted by molar-refractivity contribution is 5.97. The van der Waals surface area contributed by atoms with Gasteiger partial charge in [0.25, 0.3) is 5.91 Å². The Morgan fingerprint density at radius 1 is 1.39 bits per heavy atom. The van der Waals surface area contributed by atoms with E-state index in [-0.39, 0.29) is 12.5 Å². The van der Waals surface area contributed by atoms with Crippen LogP contribution in [-0.4, -0.2) is 36.9 Å². The van der Waals surface area contributed by atoms with E-state index in [1.165, 1.54) is 18.1 Å². The molecule has 0 atom stereocenters. The highest BCUT2D eigenvalue weighted by Gasteiger charge is 2.16. The zero-order chi connectivity index (χ0) is 13.7. The summed E-state index contributed by atoms with van der Waals surface area (Å²) in [4.78, 5) is 24.3. The van der Waals surface area contributed by atoms with Gasteiger partial charge in [0.1, 0.15) is 5.75 Å². The zero-order valence-electron chi connectivity index (χ0n) is 10.5. The molecule has 0 aromatic heterocycles. The van der Waals surface area contributed by atoms with Gasteiger partial charge >= 0.3 is 0 Å². The second-order valence-electron chi connectivity index (χ2n) is 3.74. The maximum atomic E-state index is 12.1. The molecule has 0 saturated carbocycles. The smallest absolute Gasteiger partial charge is 0.254 e. The largest absolute Gasteiger partial charge is 0.495 e. The molecule has 0 radical (unpaired) electrons. The zero-order valence-corrected chi connectivity index (χ0v) is 10.5. The molecule has 0 heterocycles. The number of carbonyl (C=O) groups excluding carboxylic acids is 2. The minimum Gasteiger partial charge on any atom is -0.495 e. The highest BCUT2D eigenvalue weighted by atomic mass is 16.5. The van der Waals surface area contributed by atoms with Crippen LogP contribution in [0.15, 0.2) is 18.2 Å². The number of methoxy groups -OCH3 is 1. The summed E-state index contributed by atoms with van der Waals surface area (Å²) < 4.78 is 5.01. The Balaban J connectivity index is 2.95. The van der Waals surface area contributed by atoms with E-state index >= 15 is 0 Å². The topological polar surface area (TPSA) is 98.6 Å². The highest BCUT2D eigenvalue weighted by Crippen LogP contribution is 2.22. The number of likely N-dealkylation sites (N-methyl/N-ethyl adjacent to an activating group) is 1. The number of amides is 2. The van der Waals surface area contributed by atoms with Gasteiger partial charge in [0, 0.05) is 12.1 Å². The Morgan fingerprint density at radius 3 is 2.50 bits per heavy atom. The van der Waals surface area contributed by atoms with Gasteiger partial charge in [-0.1, -0.05) is 0 Å². The third-order valence-electron chi connectivity index (χ3n) is 2.49. The van der Waals surface area contributed by atoms with Crippen LogP contribution in [0.25, 0.3) is 0 Å². The molecule has 6 nitrogen and oxygen atoms in total. The van der Waals surface area contributed by atoms with Gasteiger partial charge in [-0.05, 0) is 25.1 Å². The summed E-state index contributed by atoms with van der Waals surface area (Å²) in [5.41, 5.74) is 11.6. The fraction of sp³-hybridized carbons (Fsp3) is 0.333. The minimum absolute atomic E-state index is 0.110. The molecule has 1 aromatic rings. The maximum Gasteiger partial charge on any atom is 0.254 e. The summed E-state index contributed by atoms with van der Waals surface area (Å²) in [6.45, 7) is 2.06. The summed E-state index contributed by atoms with van der Waals surface area (Å²) in [7, 11) is 1.50. The van der Waals surface area contributed by atoms with Crippen LogP contribution in [0, 0.1) is 0 Å². The van der Waals surface area contributed by atoms with Crippen molar-refractivity contribution in [1.29, 1.82) is 0 Å². The van der Waals surface area contributed by atoms with Crippen LogP contribution in [0.1, 0.15) is 17.3 Å². The Morgan fingerprint density at radius 2 is 2.06 bits per heavy atom. The molecule has 0 aliphatic heterocycles. The first kappa shape index (κ1) is 13.8. The SMILES string of the molecule is CCN(CC(N)=O)C(=O)c1ccc(OC)c(N)c1. The number of benzene rings is 1. The van der Waals surface area contributed by atoms with Crippen LogP contribution in [0.3, 0.4) is 0 Å². The van der Waals surface area contributed by atoms with Crippen LogP contribution in [-0.2, 0) is 4.79 Å². The lowest BCUT2D eigenvalue weighted by atomic mass is 10.1. The van der Waals surface area contributed by atoms with Crippen LogP contribution < -0.4 is 16.2 Å². The van der Waals surface area contributed by atoms with Crippen molar-refractivity contribution in [2.45, 2.75) is 6.92 Å². The maximum absolute atomic E-state index is 12.1. The molecular formula is C12H17N3O3. The third kappa shape index (κ3) is 3.13. The number of carbonyl (C=O) groups is 2. The second-order valence-corrected chi connectivity index (χ2v) is 3.74. The summed E-state index contributed by atoms with van der Waals surface area (Å²) in [6.07, 6.45) is 0. The molecular weight excluding hydrogens is 234 g/mol. The van der Waals surface area contributed by atoms with Gasteiger partial charge in [0.05, 0.1) is 19.3 Å². The monoisotopic (exact) mass is 251 g/mol. The standard InChI is InChI=1S/C12H17N3O3/c1-3-15(7-11(14)16)12(17)8-4-5-10(18-2)9(13)6-8/h4-6H,3,7,13H2,1-2H3,(H2,14,16). The van der Waals surface area contributed by atoms with Crippen molar-refractivity contribution in [3.63, 3.8) is 0 Å². The second kappa shape index (κ2) is 5.90. The summed E-state index contributed by atoms with van der Waals surface area (Å²) in [6, 6.07) is 4.73. The molecule has 0 aliphatic carbocycles. The van der Waals surface area contributed by atoms with Crippen molar-refractivity contribution in [2.24, 2.45) is 5.73 Å². The lowest BCUT2D eigenvalue weighted by molar-refractivity contribution is -0.118. The average Bonchev–Trinajstić information content (AvgIpc) is 2.34. The number of ether oxygens (including phenoxy) is 1. The Labute approximate surface area is 105 Å². The summed E-state index contributed by atoms with van der Waals surface area (Å²) >= 11 is 0. The number of nitrogens with two attached hydrogens (primary N) is 2. The van der Waals surface area contributed by atoms with Crippen LogP contribution in [0.4, 0.5) is 5.69 Å². The lowest BCUT2D eigenvalue weighted by Crippen LogP contribution is -2.38. The van der Waals surface area contributed by atoms with Gasteiger partial charge in [0.15, 0.2) is 0 Å². The molecule has 1 aromatic carbocycles. The molecule has 2 amide bonds. The third-order valence-corrected chi connectivity index (χ3v) is 2.49. The van der Waals surface area contributed by atoms with E-state index in [9.17, 15) is 9.59 Å². The minimum atomic E-state index is -0.549. The van der Waals surface area contributed by atoms with Gasteiger partial charge in [-0.2, -0.15) is 0 Å². The lowest BCUT2D eigenvalue weighted by Gasteiger charge is -2.19. The van der Waals surface area contributed by atoms with E-state index in [2.05, 4.69) is 0 Å². The molecule has 0 unspecified atom stereocenters. The Bertz CT molecular complexity index is 460. The quantitative estimate of drug-likeness (QED) is 0.731. The molecule has 0 fully saturated rings. The number of nitrogen functional groups attached to an aromatic ring is 1. The van der Waals surface area contributed by atoms with Gasteiger partial charge in [-0.15, -0.1) is 0 Å². The fourth-order valence-electron chi connectivity index (χ4n) is 1.57. The van der Waals surface area contributed by atoms with Crippen LogP contribution in [0.2, 0.25) is 0 Å². The molecule has 6 heteroatoms. The number of primary amides is 1. The first-order chi connectivity index (χ1) is 8.49. The average molecular weight is 251 g/mol. The van der Waals surface area contributed by atoms with Gasteiger partial charge in [-0.3, -0.25) is 9.59 Å². The van der Waals surface area contributed by atoms with Crippen LogP contribution in [0.5, 0.6) is 5.75 Å².